The van der Waals surface area contributed by atoms with Crippen LogP contribution in [0.5, 0.6) is 5.75 Å². The number of sulfonamides is 1. The standard InChI is InChI=1S/C18H20F2N2O4S/c1-2-22-27(24,25)16-9-5-14(6-10-16)17(23)21-12-11-13-3-7-15(8-4-13)26-18(19)20/h3-10,18,22H,2,11-12H2,1H3,(H,21,23). The lowest BCUT2D eigenvalue weighted by Gasteiger charge is -2.08. The lowest BCUT2D eigenvalue weighted by molar-refractivity contribution is -0.0498. The first-order valence-electron chi connectivity index (χ1n) is 8.23. The molecule has 0 aromatic heterocycles. The second kappa shape index (κ2) is 9.43. The van der Waals surface area contributed by atoms with Crippen molar-refractivity contribution in [1.82, 2.24) is 10.0 Å². The van der Waals surface area contributed by atoms with E-state index in [1.54, 1.807) is 19.1 Å². The number of benzene rings is 2. The maximum Gasteiger partial charge on any atom is 0.387 e. The van der Waals surface area contributed by atoms with E-state index in [0.717, 1.165) is 5.56 Å². The molecule has 146 valence electrons. The molecule has 0 atom stereocenters. The van der Waals surface area contributed by atoms with Crippen molar-refractivity contribution in [3.63, 3.8) is 0 Å². The van der Waals surface area contributed by atoms with E-state index in [4.69, 9.17) is 0 Å². The van der Waals surface area contributed by atoms with Crippen LogP contribution in [0.1, 0.15) is 22.8 Å². The second-order valence-corrected chi connectivity index (χ2v) is 7.32. The molecule has 0 unspecified atom stereocenters. The zero-order valence-electron chi connectivity index (χ0n) is 14.6. The molecule has 2 aromatic carbocycles. The summed E-state index contributed by atoms with van der Waals surface area (Å²) in [7, 11) is -3.56. The third-order valence-electron chi connectivity index (χ3n) is 3.61. The molecule has 1 amide bonds. The summed E-state index contributed by atoms with van der Waals surface area (Å²) < 4.78 is 54.6. The van der Waals surface area contributed by atoms with Crippen molar-refractivity contribution >= 4 is 15.9 Å². The Labute approximate surface area is 156 Å². The van der Waals surface area contributed by atoms with Crippen LogP contribution in [-0.2, 0) is 16.4 Å². The van der Waals surface area contributed by atoms with Crippen LogP contribution in [-0.4, -0.2) is 34.0 Å². The minimum atomic E-state index is -3.56. The van der Waals surface area contributed by atoms with Gasteiger partial charge in [-0.1, -0.05) is 19.1 Å². The summed E-state index contributed by atoms with van der Waals surface area (Å²) in [5, 5.41) is 2.72. The van der Waals surface area contributed by atoms with E-state index >= 15 is 0 Å². The number of halogens is 2. The summed E-state index contributed by atoms with van der Waals surface area (Å²) >= 11 is 0. The van der Waals surface area contributed by atoms with Crippen LogP contribution in [0.4, 0.5) is 8.78 Å². The molecule has 0 bridgehead atoms. The van der Waals surface area contributed by atoms with Gasteiger partial charge >= 0.3 is 6.61 Å². The first-order valence-corrected chi connectivity index (χ1v) is 9.72. The average molecular weight is 398 g/mol. The normalized spacial score (nSPS) is 11.4. The summed E-state index contributed by atoms with van der Waals surface area (Å²) in [6.45, 7) is -0.571. The largest absolute Gasteiger partial charge is 0.435 e. The van der Waals surface area contributed by atoms with Gasteiger partial charge in [0.2, 0.25) is 10.0 Å². The van der Waals surface area contributed by atoms with Crippen LogP contribution >= 0.6 is 0 Å². The highest BCUT2D eigenvalue weighted by Crippen LogP contribution is 2.15. The van der Waals surface area contributed by atoms with Gasteiger partial charge in [0.05, 0.1) is 4.90 Å². The van der Waals surface area contributed by atoms with Crippen molar-refractivity contribution in [3.05, 3.63) is 59.7 Å². The topological polar surface area (TPSA) is 84.5 Å². The highest BCUT2D eigenvalue weighted by atomic mass is 32.2. The average Bonchev–Trinajstić information content (AvgIpc) is 2.63. The van der Waals surface area contributed by atoms with Gasteiger partial charge in [0.25, 0.3) is 5.91 Å². The predicted molar refractivity (Wildman–Crippen MR) is 96.4 cm³/mol. The van der Waals surface area contributed by atoms with Crippen molar-refractivity contribution < 1.29 is 26.7 Å². The van der Waals surface area contributed by atoms with Crippen LogP contribution in [0.2, 0.25) is 0 Å². The van der Waals surface area contributed by atoms with Crippen LogP contribution in [0, 0.1) is 0 Å². The quantitative estimate of drug-likeness (QED) is 0.680. The molecule has 0 saturated carbocycles. The molecule has 2 rings (SSSR count). The van der Waals surface area contributed by atoms with E-state index in [9.17, 15) is 22.0 Å². The minimum absolute atomic E-state index is 0.0744. The molecule has 0 saturated heterocycles. The van der Waals surface area contributed by atoms with Crippen molar-refractivity contribution in [2.24, 2.45) is 0 Å². The van der Waals surface area contributed by atoms with Gasteiger partial charge in [-0.25, -0.2) is 13.1 Å². The maximum absolute atomic E-state index is 12.1. The van der Waals surface area contributed by atoms with E-state index in [-0.39, 0.29) is 23.1 Å². The van der Waals surface area contributed by atoms with Gasteiger partial charge in [0.1, 0.15) is 5.75 Å². The van der Waals surface area contributed by atoms with E-state index in [1.165, 1.54) is 36.4 Å². The monoisotopic (exact) mass is 398 g/mol. The minimum Gasteiger partial charge on any atom is -0.435 e. The van der Waals surface area contributed by atoms with Gasteiger partial charge in [0.15, 0.2) is 0 Å². The van der Waals surface area contributed by atoms with E-state index in [0.29, 0.717) is 18.5 Å². The molecule has 0 aliphatic heterocycles. The Morgan fingerprint density at radius 2 is 1.70 bits per heavy atom. The maximum atomic E-state index is 12.1. The number of ether oxygens (including phenoxy) is 1. The van der Waals surface area contributed by atoms with Gasteiger partial charge in [0, 0.05) is 18.7 Å². The molecule has 0 aliphatic carbocycles. The highest BCUT2D eigenvalue weighted by Gasteiger charge is 2.13. The second-order valence-electron chi connectivity index (χ2n) is 5.55. The van der Waals surface area contributed by atoms with Gasteiger partial charge < -0.3 is 10.1 Å². The van der Waals surface area contributed by atoms with Crippen molar-refractivity contribution in [1.29, 1.82) is 0 Å². The number of nitrogens with one attached hydrogen (secondary N) is 2. The smallest absolute Gasteiger partial charge is 0.387 e. The van der Waals surface area contributed by atoms with Crippen LogP contribution < -0.4 is 14.8 Å². The van der Waals surface area contributed by atoms with Crippen molar-refractivity contribution in [2.45, 2.75) is 24.9 Å². The van der Waals surface area contributed by atoms with Gasteiger partial charge in [-0.2, -0.15) is 8.78 Å². The molecule has 2 aromatic rings. The molecule has 6 nitrogen and oxygen atoms in total. The summed E-state index contributed by atoms with van der Waals surface area (Å²) in [5.41, 5.74) is 1.19. The summed E-state index contributed by atoms with van der Waals surface area (Å²) in [4.78, 5) is 12.2. The number of amides is 1. The van der Waals surface area contributed by atoms with Crippen LogP contribution in [0.15, 0.2) is 53.4 Å². The third-order valence-corrected chi connectivity index (χ3v) is 5.17. The number of hydrogen-bond acceptors (Lipinski definition) is 4. The van der Waals surface area contributed by atoms with E-state index in [2.05, 4.69) is 14.8 Å². The van der Waals surface area contributed by atoms with Crippen LogP contribution in [0.3, 0.4) is 0 Å². The fourth-order valence-corrected chi connectivity index (χ4v) is 3.36. The number of carbonyl (C=O) groups excluding carboxylic acids is 1. The van der Waals surface area contributed by atoms with Gasteiger partial charge in [-0.3, -0.25) is 4.79 Å². The van der Waals surface area contributed by atoms with Crippen molar-refractivity contribution in [3.8, 4) is 5.75 Å². The molecule has 2 N–H and O–H groups in total. The Morgan fingerprint density at radius 3 is 2.26 bits per heavy atom. The molecular weight excluding hydrogens is 378 g/mol. The fourth-order valence-electron chi connectivity index (χ4n) is 2.32. The Hall–Kier alpha value is -2.52. The number of rotatable bonds is 9. The highest BCUT2D eigenvalue weighted by molar-refractivity contribution is 7.89. The number of hydrogen-bond donors (Lipinski definition) is 2. The lowest BCUT2D eigenvalue weighted by Crippen LogP contribution is -2.26. The molecule has 0 radical (unpaired) electrons. The lowest BCUT2D eigenvalue weighted by atomic mass is 10.1. The molecule has 0 aliphatic rings. The number of carbonyl (C=O) groups is 1. The molecular formula is C18H20F2N2O4S. The SMILES string of the molecule is CCNS(=O)(=O)c1ccc(C(=O)NCCc2ccc(OC(F)F)cc2)cc1. The first-order chi connectivity index (χ1) is 12.8. The molecule has 27 heavy (non-hydrogen) atoms. The van der Waals surface area contributed by atoms with E-state index in [1.807, 2.05) is 0 Å². The van der Waals surface area contributed by atoms with Crippen molar-refractivity contribution in [2.75, 3.05) is 13.1 Å². The Morgan fingerprint density at radius 1 is 1.07 bits per heavy atom. The first kappa shape index (κ1) is 20.8. The van der Waals surface area contributed by atoms with Gasteiger partial charge in [-0.05, 0) is 48.4 Å². The molecule has 9 heteroatoms. The van der Waals surface area contributed by atoms with Gasteiger partial charge in [-0.15, -0.1) is 0 Å². The molecule has 0 heterocycles. The van der Waals surface area contributed by atoms with Crippen LogP contribution in [0.25, 0.3) is 0 Å². The predicted octanol–water partition coefficient (Wildman–Crippen LogP) is 2.56. The number of alkyl halides is 2. The Bertz CT molecular complexity index is 854. The zero-order valence-corrected chi connectivity index (χ0v) is 15.4. The van der Waals surface area contributed by atoms with E-state index < -0.39 is 16.6 Å². The summed E-state index contributed by atoms with van der Waals surface area (Å²) in [6.07, 6.45) is 0.508. The summed E-state index contributed by atoms with van der Waals surface area (Å²) in [5.74, 6) is -0.259. The molecule has 0 spiro atoms. The summed E-state index contributed by atoms with van der Waals surface area (Å²) in [6, 6.07) is 11.8. The fraction of sp³-hybridized carbons (Fsp3) is 0.278. The third kappa shape index (κ3) is 6.30. The molecule has 0 fully saturated rings. The Kier molecular flexibility index (Phi) is 7.26. The Balaban J connectivity index is 1.87. The zero-order chi connectivity index (χ0) is 19.9.